The minimum absolute atomic E-state index is 0.615. The number of hydrogen-bond acceptors (Lipinski definition) is 2. The third-order valence-electron chi connectivity index (χ3n) is 3.57. The van der Waals surface area contributed by atoms with E-state index in [1.54, 1.807) is 0 Å². The third-order valence-corrected chi connectivity index (χ3v) is 3.57. The molecule has 1 fully saturated rings. The lowest BCUT2D eigenvalue weighted by molar-refractivity contribution is 0.164. The highest BCUT2D eigenvalue weighted by Gasteiger charge is 2.22. The molecule has 0 aromatic carbocycles. The van der Waals surface area contributed by atoms with Crippen LogP contribution in [0.2, 0.25) is 0 Å². The summed E-state index contributed by atoms with van der Waals surface area (Å²) in [6.45, 7) is 11.1. The lowest BCUT2D eigenvalue weighted by atomic mass is 9.90. The van der Waals surface area contributed by atoms with Crippen LogP contribution in [-0.2, 0) is 0 Å². The van der Waals surface area contributed by atoms with E-state index in [0.717, 1.165) is 12.5 Å². The molecule has 1 N–H and O–H groups in total. The summed E-state index contributed by atoms with van der Waals surface area (Å²) < 4.78 is 0. The molecule has 0 radical (unpaired) electrons. The molecule has 1 heterocycles. The fourth-order valence-corrected chi connectivity index (χ4v) is 2.46. The van der Waals surface area contributed by atoms with Crippen LogP contribution in [0.15, 0.2) is 0 Å². The first-order valence-corrected chi connectivity index (χ1v) is 6.63. The fraction of sp³-hybridized carbons (Fsp3) is 0.857. The second-order valence-electron chi connectivity index (χ2n) is 4.78. The Hall–Kier alpha value is -0.520. The summed E-state index contributed by atoms with van der Waals surface area (Å²) in [7, 11) is 0. The van der Waals surface area contributed by atoms with Crippen molar-refractivity contribution in [2.24, 2.45) is 5.92 Å². The van der Waals surface area contributed by atoms with Crippen LogP contribution >= 0.6 is 0 Å². The minimum atomic E-state index is 0.615. The minimum Gasteiger partial charge on any atom is -0.303 e. The first kappa shape index (κ1) is 13.5. The molecule has 1 atom stereocenters. The molecule has 1 aliphatic rings. The predicted octanol–water partition coefficient (Wildman–Crippen LogP) is 2.11. The standard InChI is InChI=1S/C14H26N2/c1-4-6-9-15-13(3)14-7-11-16(10-5-2)12-8-14/h13-15H,5,7-12H2,1-3H3. The van der Waals surface area contributed by atoms with Crippen molar-refractivity contribution in [2.75, 3.05) is 26.2 Å². The normalized spacial score (nSPS) is 20.2. The van der Waals surface area contributed by atoms with Crippen LogP contribution in [0.4, 0.5) is 0 Å². The SMILES string of the molecule is CC#CCNC(C)C1CCN(CCC)CC1. The van der Waals surface area contributed by atoms with E-state index in [9.17, 15) is 0 Å². The average Bonchev–Trinajstić information content (AvgIpc) is 2.30. The van der Waals surface area contributed by atoms with E-state index in [-0.39, 0.29) is 0 Å². The van der Waals surface area contributed by atoms with Crippen LogP contribution < -0.4 is 5.32 Å². The lowest BCUT2D eigenvalue weighted by Crippen LogP contribution is -2.42. The van der Waals surface area contributed by atoms with E-state index < -0.39 is 0 Å². The van der Waals surface area contributed by atoms with Gasteiger partial charge in [-0.2, -0.15) is 0 Å². The fourth-order valence-electron chi connectivity index (χ4n) is 2.46. The van der Waals surface area contributed by atoms with Crippen molar-refractivity contribution in [3.63, 3.8) is 0 Å². The molecule has 0 aliphatic carbocycles. The van der Waals surface area contributed by atoms with Gasteiger partial charge in [-0.1, -0.05) is 12.8 Å². The molecule has 1 saturated heterocycles. The summed E-state index contributed by atoms with van der Waals surface area (Å²) in [4.78, 5) is 2.59. The second-order valence-corrected chi connectivity index (χ2v) is 4.78. The van der Waals surface area contributed by atoms with Gasteiger partial charge in [-0.05, 0) is 58.7 Å². The van der Waals surface area contributed by atoms with Gasteiger partial charge >= 0.3 is 0 Å². The maximum atomic E-state index is 3.51. The summed E-state index contributed by atoms with van der Waals surface area (Å²) in [6, 6.07) is 0.615. The van der Waals surface area contributed by atoms with Crippen molar-refractivity contribution in [2.45, 2.75) is 46.1 Å². The van der Waals surface area contributed by atoms with Crippen molar-refractivity contribution < 1.29 is 0 Å². The van der Waals surface area contributed by atoms with Crippen LogP contribution in [0.3, 0.4) is 0 Å². The largest absolute Gasteiger partial charge is 0.303 e. The van der Waals surface area contributed by atoms with E-state index in [1.165, 1.54) is 38.9 Å². The maximum absolute atomic E-state index is 3.51. The molecule has 0 bridgehead atoms. The molecule has 1 unspecified atom stereocenters. The van der Waals surface area contributed by atoms with Crippen molar-refractivity contribution in [3.8, 4) is 11.8 Å². The summed E-state index contributed by atoms with van der Waals surface area (Å²) in [5.74, 6) is 6.84. The number of nitrogens with one attached hydrogen (secondary N) is 1. The average molecular weight is 222 g/mol. The van der Waals surface area contributed by atoms with Crippen LogP contribution in [0, 0.1) is 17.8 Å². The van der Waals surface area contributed by atoms with Gasteiger partial charge in [-0.25, -0.2) is 0 Å². The van der Waals surface area contributed by atoms with Gasteiger partial charge in [0.25, 0.3) is 0 Å². The van der Waals surface area contributed by atoms with Gasteiger partial charge in [-0.3, -0.25) is 0 Å². The smallest absolute Gasteiger partial charge is 0.0578 e. The molecule has 1 rings (SSSR count). The Labute approximate surface area is 101 Å². The number of hydrogen-bond donors (Lipinski definition) is 1. The van der Waals surface area contributed by atoms with Gasteiger partial charge in [-0.15, -0.1) is 5.92 Å². The Bertz CT molecular complexity index is 231. The van der Waals surface area contributed by atoms with Crippen LogP contribution in [0.1, 0.15) is 40.0 Å². The quantitative estimate of drug-likeness (QED) is 0.717. The topological polar surface area (TPSA) is 15.3 Å². The van der Waals surface area contributed by atoms with Crippen molar-refractivity contribution in [1.82, 2.24) is 10.2 Å². The highest BCUT2D eigenvalue weighted by atomic mass is 15.1. The number of nitrogens with zero attached hydrogens (tertiary/aromatic N) is 1. The van der Waals surface area contributed by atoms with Crippen LogP contribution in [0.5, 0.6) is 0 Å². The Balaban J connectivity index is 2.21. The zero-order chi connectivity index (χ0) is 11.8. The molecule has 92 valence electrons. The van der Waals surface area contributed by atoms with Crippen LogP contribution in [0.25, 0.3) is 0 Å². The summed E-state index contributed by atoms with van der Waals surface area (Å²) >= 11 is 0. The Morgan fingerprint density at radius 1 is 1.38 bits per heavy atom. The first-order valence-electron chi connectivity index (χ1n) is 6.63. The molecule has 16 heavy (non-hydrogen) atoms. The molecule has 0 saturated carbocycles. The van der Waals surface area contributed by atoms with E-state index in [1.807, 2.05) is 6.92 Å². The van der Waals surface area contributed by atoms with Gasteiger partial charge in [0.1, 0.15) is 0 Å². The maximum Gasteiger partial charge on any atom is 0.0578 e. The molecule has 0 spiro atoms. The van der Waals surface area contributed by atoms with Gasteiger partial charge in [0.05, 0.1) is 6.54 Å². The Kier molecular flexibility index (Phi) is 6.52. The van der Waals surface area contributed by atoms with E-state index >= 15 is 0 Å². The lowest BCUT2D eigenvalue weighted by Gasteiger charge is -2.34. The first-order chi connectivity index (χ1) is 7.77. The highest BCUT2D eigenvalue weighted by molar-refractivity contribution is 4.98. The highest BCUT2D eigenvalue weighted by Crippen LogP contribution is 2.20. The van der Waals surface area contributed by atoms with E-state index in [4.69, 9.17) is 0 Å². The molecule has 0 aromatic rings. The Morgan fingerprint density at radius 3 is 2.62 bits per heavy atom. The molecular weight excluding hydrogens is 196 g/mol. The number of likely N-dealkylation sites (tertiary alicyclic amines) is 1. The molecule has 1 aliphatic heterocycles. The van der Waals surface area contributed by atoms with Gasteiger partial charge in [0, 0.05) is 6.04 Å². The third kappa shape index (κ3) is 4.55. The molecule has 0 amide bonds. The Morgan fingerprint density at radius 2 is 2.06 bits per heavy atom. The molecular formula is C14H26N2. The summed E-state index contributed by atoms with van der Waals surface area (Å²) in [6.07, 6.45) is 3.96. The summed E-state index contributed by atoms with van der Waals surface area (Å²) in [5, 5.41) is 3.51. The monoisotopic (exact) mass is 222 g/mol. The van der Waals surface area contributed by atoms with Gasteiger partial charge < -0.3 is 10.2 Å². The predicted molar refractivity (Wildman–Crippen MR) is 70.4 cm³/mol. The molecule has 2 heteroatoms. The number of rotatable bonds is 5. The van der Waals surface area contributed by atoms with E-state index in [2.05, 4.69) is 35.9 Å². The second kappa shape index (κ2) is 7.70. The van der Waals surface area contributed by atoms with Crippen molar-refractivity contribution >= 4 is 0 Å². The molecule has 2 nitrogen and oxygen atoms in total. The number of piperidine rings is 1. The summed E-state index contributed by atoms with van der Waals surface area (Å²) in [5.41, 5.74) is 0. The van der Waals surface area contributed by atoms with Gasteiger partial charge in [0.15, 0.2) is 0 Å². The zero-order valence-electron chi connectivity index (χ0n) is 11.1. The van der Waals surface area contributed by atoms with Crippen molar-refractivity contribution in [3.05, 3.63) is 0 Å². The van der Waals surface area contributed by atoms with Crippen LogP contribution in [-0.4, -0.2) is 37.1 Å². The zero-order valence-corrected chi connectivity index (χ0v) is 11.1. The molecule has 0 aromatic heterocycles. The van der Waals surface area contributed by atoms with Gasteiger partial charge in [0.2, 0.25) is 0 Å². The van der Waals surface area contributed by atoms with E-state index in [0.29, 0.717) is 6.04 Å². The van der Waals surface area contributed by atoms with Crippen molar-refractivity contribution in [1.29, 1.82) is 0 Å².